The Morgan fingerprint density at radius 2 is 1.46 bits per heavy atom. The van der Waals surface area contributed by atoms with Crippen LogP contribution in [0.5, 0.6) is 0 Å². The summed E-state index contributed by atoms with van der Waals surface area (Å²) >= 11 is 0. The maximum Gasteiger partial charge on any atom is 0.410 e. The number of rotatable bonds is 5. The average Bonchev–Trinajstić information content (AvgIpc) is 3.08. The molecule has 0 heterocycles. The first-order chi connectivity index (χ1) is 13.7. The molecule has 0 spiro atoms. The van der Waals surface area contributed by atoms with E-state index in [9.17, 15) is 9.90 Å². The summed E-state index contributed by atoms with van der Waals surface area (Å²) in [5.41, 5.74) is 5.41. The zero-order valence-electron chi connectivity index (χ0n) is 15.8. The monoisotopic (exact) mass is 373 g/mol. The molecule has 0 bridgehead atoms. The SMILES string of the molecule is COC(=O)N(C1c2ccccc2-c2ccccc21)[C@H](CO)Cc1ccccc1. The van der Waals surface area contributed by atoms with Gasteiger partial charge in [-0.15, -0.1) is 0 Å². The molecular weight excluding hydrogens is 350 g/mol. The van der Waals surface area contributed by atoms with Gasteiger partial charge in [-0.3, -0.25) is 4.90 Å². The molecule has 0 aliphatic heterocycles. The molecular formula is C24H23NO3. The second-order valence-corrected chi connectivity index (χ2v) is 6.98. The largest absolute Gasteiger partial charge is 0.453 e. The number of benzene rings is 3. The fourth-order valence-electron chi connectivity index (χ4n) is 4.14. The summed E-state index contributed by atoms with van der Waals surface area (Å²) in [5.74, 6) is 0. The number of carbonyl (C=O) groups is 1. The second kappa shape index (κ2) is 7.87. The van der Waals surface area contributed by atoms with E-state index in [1.165, 1.54) is 7.11 Å². The lowest BCUT2D eigenvalue weighted by atomic mass is 9.98. The summed E-state index contributed by atoms with van der Waals surface area (Å²) in [7, 11) is 1.39. The maximum atomic E-state index is 12.9. The van der Waals surface area contributed by atoms with Crippen molar-refractivity contribution in [2.75, 3.05) is 13.7 Å². The minimum absolute atomic E-state index is 0.148. The molecule has 1 amide bonds. The number of aliphatic hydroxyl groups is 1. The summed E-state index contributed by atoms with van der Waals surface area (Å²) in [5, 5.41) is 10.2. The number of hydrogen-bond donors (Lipinski definition) is 1. The fourth-order valence-corrected chi connectivity index (χ4v) is 4.14. The molecule has 4 rings (SSSR count). The molecule has 1 aliphatic carbocycles. The van der Waals surface area contributed by atoms with Gasteiger partial charge in [-0.25, -0.2) is 4.79 Å². The van der Waals surface area contributed by atoms with Crippen LogP contribution in [-0.4, -0.2) is 35.9 Å². The van der Waals surface area contributed by atoms with Crippen LogP contribution in [-0.2, 0) is 11.2 Å². The summed E-state index contributed by atoms with van der Waals surface area (Å²) in [6.45, 7) is -0.148. The Morgan fingerprint density at radius 3 is 2.00 bits per heavy atom. The normalized spacial score (nSPS) is 13.5. The van der Waals surface area contributed by atoms with Crippen LogP contribution >= 0.6 is 0 Å². The van der Waals surface area contributed by atoms with Crippen LogP contribution in [0, 0.1) is 0 Å². The van der Waals surface area contributed by atoms with Crippen molar-refractivity contribution in [3.63, 3.8) is 0 Å². The molecule has 0 aromatic heterocycles. The van der Waals surface area contributed by atoms with Crippen LogP contribution in [0.25, 0.3) is 11.1 Å². The van der Waals surface area contributed by atoms with Crippen molar-refractivity contribution in [3.05, 3.63) is 95.6 Å². The Labute approximate surface area is 165 Å². The molecule has 4 heteroatoms. The van der Waals surface area contributed by atoms with Gasteiger partial charge in [-0.1, -0.05) is 78.9 Å². The number of nitrogens with zero attached hydrogens (tertiary/aromatic N) is 1. The van der Waals surface area contributed by atoms with Gasteiger partial charge < -0.3 is 9.84 Å². The lowest BCUT2D eigenvalue weighted by Gasteiger charge is -2.35. The highest BCUT2D eigenvalue weighted by molar-refractivity contribution is 5.81. The average molecular weight is 373 g/mol. The number of fused-ring (bicyclic) bond motifs is 3. The first-order valence-corrected chi connectivity index (χ1v) is 9.44. The van der Waals surface area contributed by atoms with Crippen molar-refractivity contribution in [1.82, 2.24) is 4.90 Å². The van der Waals surface area contributed by atoms with Crippen molar-refractivity contribution >= 4 is 6.09 Å². The Hall–Kier alpha value is -3.11. The lowest BCUT2D eigenvalue weighted by molar-refractivity contribution is 0.0686. The van der Waals surface area contributed by atoms with Crippen molar-refractivity contribution < 1.29 is 14.6 Å². The molecule has 1 N–H and O–H groups in total. The Balaban J connectivity index is 1.80. The molecule has 3 aromatic carbocycles. The third-order valence-electron chi connectivity index (χ3n) is 5.38. The van der Waals surface area contributed by atoms with E-state index < -0.39 is 12.1 Å². The number of aliphatic hydroxyl groups excluding tert-OH is 1. The van der Waals surface area contributed by atoms with E-state index >= 15 is 0 Å². The zero-order chi connectivity index (χ0) is 19.5. The summed E-state index contributed by atoms with van der Waals surface area (Å²) in [4.78, 5) is 14.6. The standard InChI is InChI=1S/C24H23NO3/c1-28-24(27)25(18(16-26)15-17-9-3-2-4-10-17)23-21-13-7-5-11-19(21)20-12-6-8-14-22(20)23/h2-14,18,23,26H,15-16H2,1H3/t18-/m0/s1. The molecule has 28 heavy (non-hydrogen) atoms. The second-order valence-electron chi connectivity index (χ2n) is 6.98. The smallest absolute Gasteiger partial charge is 0.410 e. The molecule has 0 saturated carbocycles. The van der Waals surface area contributed by atoms with Gasteiger partial charge in [0.25, 0.3) is 0 Å². The Bertz CT molecular complexity index is 925. The van der Waals surface area contributed by atoms with Crippen LogP contribution in [0.4, 0.5) is 4.79 Å². The van der Waals surface area contributed by atoms with Crippen LogP contribution in [0.3, 0.4) is 0 Å². The van der Waals surface area contributed by atoms with Crippen molar-refractivity contribution in [1.29, 1.82) is 0 Å². The van der Waals surface area contributed by atoms with Gasteiger partial charge in [-0.05, 0) is 34.2 Å². The zero-order valence-corrected chi connectivity index (χ0v) is 15.8. The van der Waals surface area contributed by atoms with Gasteiger partial charge in [0.2, 0.25) is 0 Å². The highest BCUT2D eigenvalue weighted by Crippen LogP contribution is 2.47. The van der Waals surface area contributed by atoms with Crippen LogP contribution in [0.1, 0.15) is 22.7 Å². The van der Waals surface area contributed by atoms with Crippen LogP contribution < -0.4 is 0 Å². The molecule has 142 valence electrons. The molecule has 0 unspecified atom stereocenters. The van der Waals surface area contributed by atoms with Gasteiger partial charge in [-0.2, -0.15) is 0 Å². The minimum Gasteiger partial charge on any atom is -0.453 e. The molecule has 1 aliphatic rings. The van der Waals surface area contributed by atoms with Crippen LogP contribution in [0.2, 0.25) is 0 Å². The number of amides is 1. The van der Waals surface area contributed by atoms with Crippen molar-refractivity contribution in [2.45, 2.75) is 18.5 Å². The molecule has 4 nitrogen and oxygen atoms in total. The van der Waals surface area contributed by atoms with Crippen molar-refractivity contribution in [2.24, 2.45) is 0 Å². The highest BCUT2D eigenvalue weighted by atomic mass is 16.5. The fraction of sp³-hybridized carbons (Fsp3) is 0.208. The van der Waals surface area contributed by atoms with Gasteiger partial charge in [0, 0.05) is 0 Å². The molecule has 1 atom stereocenters. The van der Waals surface area contributed by atoms with Crippen LogP contribution in [0.15, 0.2) is 78.9 Å². The third kappa shape index (κ3) is 3.16. The predicted octanol–water partition coefficient (Wildman–Crippen LogP) is 4.43. The van der Waals surface area contributed by atoms with Crippen molar-refractivity contribution in [3.8, 4) is 11.1 Å². The quantitative estimate of drug-likeness (QED) is 0.720. The summed E-state index contributed by atoms with van der Waals surface area (Å²) < 4.78 is 5.15. The van der Waals surface area contributed by atoms with E-state index in [2.05, 4.69) is 12.1 Å². The van der Waals surface area contributed by atoms with E-state index in [0.717, 1.165) is 27.8 Å². The first kappa shape index (κ1) is 18.3. The molecule has 0 saturated heterocycles. The molecule has 0 fully saturated rings. The number of ether oxygens (including phenoxy) is 1. The minimum atomic E-state index is -0.438. The lowest BCUT2D eigenvalue weighted by Crippen LogP contribution is -2.46. The maximum absolute atomic E-state index is 12.9. The molecule has 3 aromatic rings. The summed E-state index contributed by atoms with van der Waals surface area (Å²) in [6, 6.07) is 25.4. The topological polar surface area (TPSA) is 49.8 Å². The number of methoxy groups -OCH3 is 1. The Morgan fingerprint density at radius 1 is 0.929 bits per heavy atom. The molecule has 0 radical (unpaired) electrons. The van der Waals surface area contributed by atoms with Gasteiger partial charge >= 0.3 is 6.09 Å². The Kier molecular flexibility index (Phi) is 5.13. The highest BCUT2D eigenvalue weighted by Gasteiger charge is 2.39. The van der Waals surface area contributed by atoms with E-state index in [-0.39, 0.29) is 12.6 Å². The third-order valence-corrected chi connectivity index (χ3v) is 5.38. The number of carbonyl (C=O) groups excluding carboxylic acids is 1. The van der Waals surface area contributed by atoms with E-state index in [1.807, 2.05) is 66.7 Å². The predicted molar refractivity (Wildman–Crippen MR) is 109 cm³/mol. The van der Waals surface area contributed by atoms with Gasteiger partial charge in [0.1, 0.15) is 0 Å². The van der Waals surface area contributed by atoms with Gasteiger partial charge in [0.05, 0.1) is 25.8 Å². The summed E-state index contributed by atoms with van der Waals surface area (Å²) in [6.07, 6.45) is 0.110. The van der Waals surface area contributed by atoms with Gasteiger partial charge in [0.15, 0.2) is 0 Å². The van der Waals surface area contributed by atoms with E-state index in [4.69, 9.17) is 4.74 Å². The first-order valence-electron chi connectivity index (χ1n) is 9.44. The van der Waals surface area contributed by atoms with E-state index in [0.29, 0.717) is 6.42 Å². The van der Waals surface area contributed by atoms with E-state index in [1.54, 1.807) is 4.90 Å². The number of hydrogen-bond acceptors (Lipinski definition) is 3.